The number of fused-ring (bicyclic) bond motifs is 1. The molecule has 0 radical (unpaired) electrons. The summed E-state index contributed by atoms with van der Waals surface area (Å²) in [5, 5.41) is 0. The molecule has 2 aromatic rings. The summed E-state index contributed by atoms with van der Waals surface area (Å²) in [5.74, 6) is 0.119. The second-order valence-electron chi connectivity index (χ2n) is 10.8. The van der Waals surface area contributed by atoms with Gasteiger partial charge in [-0.25, -0.2) is 15.0 Å². The number of methoxy groups -OCH3 is 1. The summed E-state index contributed by atoms with van der Waals surface area (Å²) >= 11 is 0. The molecule has 0 saturated carbocycles. The highest BCUT2D eigenvalue weighted by atomic mass is 28.4. The summed E-state index contributed by atoms with van der Waals surface area (Å²) in [7, 11) is -2.69. The first-order valence-corrected chi connectivity index (χ1v) is 19.6. The fourth-order valence-corrected chi connectivity index (χ4v) is 11.6. The van der Waals surface area contributed by atoms with Gasteiger partial charge in [0.15, 0.2) is 34.3 Å². The summed E-state index contributed by atoms with van der Waals surface area (Å²) in [6, 6.07) is 5.85. The Morgan fingerprint density at radius 3 is 2.13 bits per heavy atom. The van der Waals surface area contributed by atoms with Crippen LogP contribution < -0.4 is 5.73 Å². The van der Waals surface area contributed by atoms with Crippen LogP contribution in [0.25, 0.3) is 11.2 Å². The molecule has 2 aromatic heterocycles. The number of carbonyl (C=O) groups is 1. The van der Waals surface area contributed by atoms with Crippen LogP contribution in [-0.2, 0) is 23.1 Å². The highest BCUT2D eigenvalue weighted by Gasteiger charge is 2.55. The van der Waals surface area contributed by atoms with Crippen molar-refractivity contribution >= 4 is 39.6 Å². The fourth-order valence-electron chi connectivity index (χ4n) is 5.95. The van der Waals surface area contributed by atoms with Gasteiger partial charge in [-0.05, 0) is 36.3 Å². The van der Waals surface area contributed by atoms with Crippen LogP contribution in [0.2, 0.25) is 36.3 Å². The topological polar surface area (TPSA) is 127 Å². The van der Waals surface area contributed by atoms with Crippen LogP contribution in [-0.4, -0.2) is 91.6 Å². The molecule has 4 unspecified atom stereocenters. The Kier molecular flexibility index (Phi) is 9.49. The van der Waals surface area contributed by atoms with Crippen molar-refractivity contribution in [3.8, 4) is 0 Å². The minimum absolute atomic E-state index is 0.212. The molecule has 2 N–H and O–H groups in total. The summed E-state index contributed by atoms with van der Waals surface area (Å²) in [4.78, 5) is 27.5. The maximum atomic E-state index is 12.2. The number of hydrogen-bond acceptors (Lipinski definition) is 10. The van der Waals surface area contributed by atoms with E-state index in [0.717, 1.165) is 36.3 Å². The lowest BCUT2D eigenvalue weighted by atomic mass is 10.1. The van der Waals surface area contributed by atoms with Crippen LogP contribution >= 0.6 is 0 Å². The van der Waals surface area contributed by atoms with Gasteiger partial charge < -0.3 is 24.1 Å². The third-order valence-corrected chi connectivity index (χ3v) is 18.5. The molecule has 0 aliphatic carbocycles. The first-order chi connectivity index (χ1) is 18.7. The third kappa shape index (κ3) is 5.79. The number of hydrogen-bond donors (Lipinski definition) is 1. The molecule has 0 spiro atoms. The predicted molar refractivity (Wildman–Crippen MR) is 155 cm³/mol. The summed E-state index contributed by atoms with van der Waals surface area (Å²) in [5.41, 5.74) is 7.29. The van der Waals surface area contributed by atoms with Gasteiger partial charge in [-0.1, -0.05) is 41.5 Å². The van der Waals surface area contributed by atoms with Crippen molar-refractivity contribution in [3.63, 3.8) is 0 Å². The number of carbonyl (C=O) groups excluding carboxylic acids is 1. The lowest BCUT2D eigenvalue weighted by Gasteiger charge is -2.39. The molecule has 0 amide bonds. The highest BCUT2D eigenvalue weighted by molar-refractivity contribution is 6.74. The minimum Gasteiger partial charge on any atom is -0.468 e. The number of ether oxygens (including phenoxy) is 2. The normalized spacial score (nSPS) is 27.3. The summed E-state index contributed by atoms with van der Waals surface area (Å²) in [6.07, 6.45) is 1.76. The Hall–Kier alpha value is -1.91. The van der Waals surface area contributed by atoms with E-state index >= 15 is 0 Å². The second kappa shape index (κ2) is 12.3. The SMILES string of the molecule is CC[Si](CC)(CC)OC1C(O[Si](CC)(CC)CC)[C@@H](CN2CC2C(=O)OC)O[C@H]1n1cnc2c(N)ncnc21. The maximum absolute atomic E-state index is 12.2. The van der Waals surface area contributed by atoms with Gasteiger partial charge in [-0.3, -0.25) is 14.3 Å². The molecular weight excluding hydrogens is 532 g/mol. The molecule has 2 fully saturated rings. The van der Waals surface area contributed by atoms with Crippen LogP contribution in [0, 0.1) is 0 Å². The van der Waals surface area contributed by atoms with E-state index in [4.69, 9.17) is 24.1 Å². The van der Waals surface area contributed by atoms with Crippen molar-refractivity contribution in [1.29, 1.82) is 0 Å². The van der Waals surface area contributed by atoms with Crippen LogP contribution in [0.15, 0.2) is 12.7 Å². The van der Waals surface area contributed by atoms with Gasteiger partial charge in [0.2, 0.25) is 0 Å². The molecule has 0 aromatic carbocycles. The number of aromatic nitrogens is 4. The van der Waals surface area contributed by atoms with Crippen molar-refractivity contribution in [2.45, 2.75) is 108 Å². The number of anilines is 1. The zero-order valence-corrected chi connectivity index (χ0v) is 26.6. The molecule has 11 nitrogen and oxygen atoms in total. The Balaban J connectivity index is 1.78. The van der Waals surface area contributed by atoms with Gasteiger partial charge in [-0.2, -0.15) is 0 Å². The Bertz CT molecular complexity index is 1110. The number of imidazole rings is 1. The van der Waals surface area contributed by atoms with Crippen LogP contribution in [0.3, 0.4) is 0 Å². The van der Waals surface area contributed by atoms with Crippen molar-refractivity contribution < 1.29 is 23.1 Å². The van der Waals surface area contributed by atoms with Crippen LogP contribution in [0.4, 0.5) is 5.82 Å². The second-order valence-corrected chi connectivity index (χ2v) is 20.2. The number of nitrogen functional groups attached to an aromatic ring is 1. The summed E-state index contributed by atoms with van der Waals surface area (Å²) < 4.78 is 28.3. The summed E-state index contributed by atoms with van der Waals surface area (Å²) in [6.45, 7) is 14.6. The van der Waals surface area contributed by atoms with E-state index in [1.807, 2.05) is 4.57 Å². The average Bonchev–Trinajstić information content (AvgIpc) is 3.48. The van der Waals surface area contributed by atoms with E-state index in [9.17, 15) is 4.79 Å². The largest absolute Gasteiger partial charge is 0.468 e. The van der Waals surface area contributed by atoms with Crippen molar-refractivity contribution in [3.05, 3.63) is 12.7 Å². The molecule has 218 valence electrons. The molecule has 4 rings (SSSR count). The Morgan fingerprint density at radius 1 is 0.974 bits per heavy atom. The fraction of sp³-hybridized carbons (Fsp3) is 0.769. The number of nitrogens with two attached hydrogens (primary N) is 1. The quantitative estimate of drug-likeness (QED) is 0.200. The van der Waals surface area contributed by atoms with Gasteiger partial charge >= 0.3 is 5.97 Å². The average molecular weight is 579 g/mol. The number of rotatable bonds is 14. The van der Waals surface area contributed by atoms with Gasteiger partial charge in [0, 0.05) is 13.1 Å². The molecule has 4 heterocycles. The predicted octanol–water partition coefficient (Wildman–Crippen LogP) is 3.94. The van der Waals surface area contributed by atoms with E-state index < -0.39 is 22.9 Å². The molecule has 39 heavy (non-hydrogen) atoms. The minimum atomic E-state index is -2.08. The van der Waals surface area contributed by atoms with Crippen LogP contribution in [0.5, 0.6) is 0 Å². The Labute approximate surface area is 234 Å². The molecule has 2 saturated heterocycles. The van der Waals surface area contributed by atoms with Crippen molar-refractivity contribution in [2.75, 3.05) is 25.9 Å². The third-order valence-electron chi connectivity index (χ3n) is 9.19. The molecule has 2 aliphatic heterocycles. The van der Waals surface area contributed by atoms with E-state index in [1.165, 1.54) is 13.4 Å². The molecule has 6 atom stereocenters. The monoisotopic (exact) mass is 578 g/mol. The molecule has 13 heteroatoms. The smallest absolute Gasteiger partial charge is 0.324 e. The number of esters is 1. The van der Waals surface area contributed by atoms with Crippen molar-refractivity contribution in [2.24, 2.45) is 0 Å². The number of nitrogens with zero attached hydrogens (tertiary/aromatic N) is 5. The Morgan fingerprint density at radius 2 is 1.56 bits per heavy atom. The zero-order valence-electron chi connectivity index (χ0n) is 24.6. The lowest BCUT2D eigenvalue weighted by molar-refractivity contribution is -0.141. The van der Waals surface area contributed by atoms with Crippen LogP contribution in [0.1, 0.15) is 47.8 Å². The molecule has 0 bridgehead atoms. The van der Waals surface area contributed by atoms with E-state index in [2.05, 4.69) is 61.4 Å². The van der Waals surface area contributed by atoms with Gasteiger partial charge in [0.1, 0.15) is 36.2 Å². The zero-order chi connectivity index (χ0) is 28.4. The van der Waals surface area contributed by atoms with E-state index in [1.54, 1.807) is 6.33 Å². The van der Waals surface area contributed by atoms with Gasteiger partial charge in [-0.15, -0.1) is 0 Å². The first-order valence-electron chi connectivity index (χ1n) is 14.5. The lowest BCUT2D eigenvalue weighted by Crippen LogP contribution is -2.52. The van der Waals surface area contributed by atoms with Gasteiger partial charge in [0.05, 0.1) is 13.4 Å². The van der Waals surface area contributed by atoms with Gasteiger partial charge in [0.25, 0.3) is 0 Å². The molecular formula is C26H46N6O5Si2. The molecule has 2 aliphatic rings. The standard InChI is InChI=1S/C26H46N6O5Si2/c1-8-38(9-2,10-3)36-21-19(15-31-14-18(31)26(33)34-7)35-25(22(21)37-39(11-4,12-5)13-6)32-17-30-20-23(27)28-16-29-24(20)32/h16-19,21-22,25H,8-15H2,1-7H3,(H2,27,28,29)/t18?,19-,21?,22?,25-,31?/m1/s1. The van der Waals surface area contributed by atoms with E-state index in [-0.39, 0.29) is 30.3 Å². The highest BCUT2D eigenvalue weighted by Crippen LogP contribution is 2.42. The maximum Gasteiger partial charge on any atom is 0.324 e. The van der Waals surface area contributed by atoms with E-state index in [0.29, 0.717) is 30.1 Å². The van der Waals surface area contributed by atoms with Crippen molar-refractivity contribution in [1.82, 2.24) is 24.4 Å². The first kappa shape index (κ1) is 30.1.